The second kappa shape index (κ2) is 7.23. The largest absolute Gasteiger partial charge is 0.481 e. The van der Waals surface area contributed by atoms with Gasteiger partial charge in [-0.2, -0.15) is 0 Å². The van der Waals surface area contributed by atoms with E-state index in [9.17, 15) is 9.59 Å². The lowest BCUT2D eigenvalue weighted by Gasteiger charge is -2.17. The highest BCUT2D eigenvalue weighted by Crippen LogP contribution is 1.96. The molecule has 88 valence electrons. The van der Waals surface area contributed by atoms with E-state index in [0.29, 0.717) is 13.0 Å². The van der Waals surface area contributed by atoms with Crippen molar-refractivity contribution in [2.75, 3.05) is 20.1 Å². The predicted molar refractivity (Wildman–Crippen MR) is 57.6 cm³/mol. The van der Waals surface area contributed by atoms with Gasteiger partial charge in [0.25, 0.3) is 0 Å². The van der Waals surface area contributed by atoms with Gasteiger partial charge in [-0.3, -0.25) is 9.59 Å². The predicted octanol–water partition coefficient (Wildman–Crippen LogP) is 0.308. The molecule has 0 rings (SSSR count). The average molecular weight is 216 g/mol. The first kappa shape index (κ1) is 13.9. The number of carboxylic acids is 1. The fourth-order valence-corrected chi connectivity index (χ4v) is 1.01. The maximum atomic E-state index is 11.4. The van der Waals surface area contributed by atoms with E-state index in [1.165, 1.54) is 0 Å². The van der Waals surface area contributed by atoms with Crippen LogP contribution in [0.25, 0.3) is 0 Å². The first-order valence-corrected chi connectivity index (χ1v) is 5.16. The zero-order chi connectivity index (χ0) is 11.8. The number of hydrogen-bond donors (Lipinski definition) is 2. The number of carbonyl (C=O) groups is 2. The summed E-state index contributed by atoms with van der Waals surface area (Å²) in [5.41, 5.74) is 0. The number of likely N-dealkylation sites (N-methyl/N-ethyl adjacent to an activating group) is 1. The second-order valence-corrected chi connectivity index (χ2v) is 3.62. The zero-order valence-corrected chi connectivity index (χ0v) is 9.62. The molecule has 0 radical (unpaired) electrons. The maximum Gasteiger partial charge on any atom is 0.303 e. The number of carbonyl (C=O) groups excluding carboxylic acids is 1. The Morgan fingerprint density at radius 1 is 1.47 bits per heavy atom. The summed E-state index contributed by atoms with van der Waals surface area (Å²) in [6.45, 7) is 4.74. The third kappa shape index (κ3) is 6.90. The summed E-state index contributed by atoms with van der Waals surface area (Å²) in [6, 6.07) is 0.0512. The van der Waals surface area contributed by atoms with Crippen molar-refractivity contribution in [1.29, 1.82) is 0 Å². The molecule has 1 amide bonds. The molecule has 0 aromatic rings. The van der Waals surface area contributed by atoms with E-state index in [1.54, 1.807) is 11.9 Å². The molecule has 0 aliphatic rings. The third-order valence-electron chi connectivity index (χ3n) is 2.29. The van der Waals surface area contributed by atoms with Crippen LogP contribution < -0.4 is 5.32 Å². The summed E-state index contributed by atoms with van der Waals surface area (Å²) in [4.78, 5) is 23.3. The van der Waals surface area contributed by atoms with Gasteiger partial charge < -0.3 is 15.3 Å². The highest BCUT2D eigenvalue weighted by atomic mass is 16.4. The third-order valence-corrected chi connectivity index (χ3v) is 2.29. The molecular weight excluding hydrogens is 196 g/mol. The van der Waals surface area contributed by atoms with Crippen LogP contribution in [0, 0.1) is 0 Å². The van der Waals surface area contributed by atoms with Crippen LogP contribution in [0.2, 0.25) is 0 Å². The van der Waals surface area contributed by atoms with Crippen LogP contribution in [0.4, 0.5) is 0 Å². The summed E-state index contributed by atoms with van der Waals surface area (Å²) >= 11 is 0. The van der Waals surface area contributed by atoms with Gasteiger partial charge in [0.2, 0.25) is 5.91 Å². The van der Waals surface area contributed by atoms with E-state index in [-0.39, 0.29) is 24.9 Å². The van der Waals surface area contributed by atoms with Crippen LogP contribution >= 0.6 is 0 Å². The fraction of sp³-hybridized carbons (Fsp3) is 0.800. The number of nitrogens with zero attached hydrogens (tertiary/aromatic N) is 1. The van der Waals surface area contributed by atoms with E-state index >= 15 is 0 Å². The SMILES string of the molecule is CCN(C)C(=O)CNC(C)CCC(=O)O. The minimum Gasteiger partial charge on any atom is -0.481 e. The van der Waals surface area contributed by atoms with Crippen LogP contribution in [-0.4, -0.2) is 48.1 Å². The van der Waals surface area contributed by atoms with Crippen molar-refractivity contribution in [2.24, 2.45) is 0 Å². The number of carboxylic acid groups (broad SMARTS) is 1. The van der Waals surface area contributed by atoms with E-state index < -0.39 is 5.97 Å². The molecule has 0 bridgehead atoms. The molecule has 0 spiro atoms. The Hall–Kier alpha value is -1.10. The van der Waals surface area contributed by atoms with E-state index in [2.05, 4.69) is 5.32 Å². The van der Waals surface area contributed by atoms with Crippen LogP contribution in [0.1, 0.15) is 26.7 Å². The molecule has 0 fully saturated rings. The molecule has 0 saturated carbocycles. The van der Waals surface area contributed by atoms with E-state index in [1.807, 2.05) is 13.8 Å². The number of nitrogens with one attached hydrogen (secondary N) is 1. The Labute approximate surface area is 90.5 Å². The average Bonchev–Trinajstić information content (AvgIpc) is 2.21. The lowest BCUT2D eigenvalue weighted by Crippen LogP contribution is -2.39. The summed E-state index contributed by atoms with van der Waals surface area (Å²) in [5, 5.41) is 11.5. The summed E-state index contributed by atoms with van der Waals surface area (Å²) in [6.07, 6.45) is 0.671. The first-order chi connectivity index (χ1) is 6.97. The standard InChI is InChI=1S/C10H20N2O3/c1-4-12(3)9(13)7-11-8(2)5-6-10(14)15/h8,11H,4-7H2,1-3H3,(H,14,15). The van der Waals surface area contributed by atoms with Crippen molar-refractivity contribution in [3.8, 4) is 0 Å². The van der Waals surface area contributed by atoms with Crippen molar-refractivity contribution in [3.05, 3.63) is 0 Å². The van der Waals surface area contributed by atoms with Crippen molar-refractivity contribution < 1.29 is 14.7 Å². The van der Waals surface area contributed by atoms with Crippen molar-refractivity contribution in [2.45, 2.75) is 32.7 Å². The van der Waals surface area contributed by atoms with E-state index in [4.69, 9.17) is 5.11 Å². The molecule has 1 atom stereocenters. The second-order valence-electron chi connectivity index (χ2n) is 3.62. The molecule has 5 heteroatoms. The minimum absolute atomic E-state index is 0.0275. The number of aliphatic carboxylic acids is 1. The topological polar surface area (TPSA) is 69.6 Å². The Morgan fingerprint density at radius 2 is 2.07 bits per heavy atom. The molecule has 0 saturated heterocycles. The number of rotatable bonds is 7. The molecule has 2 N–H and O–H groups in total. The molecular formula is C10H20N2O3. The van der Waals surface area contributed by atoms with Crippen molar-refractivity contribution >= 4 is 11.9 Å². The van der Waals surface area contributed by atoms with Gasteiger partial charge in [-0.15, -0.1) is 0 Å². The molecule has 5 nitrogen and oxygen atoms in total. The summed E-state index contributed by atoms with van der Waals surface area (Å²) < 4.78 is 0. The van der Waals surface area contributed by atoms with Crippen molar-refractivity contribution in [1.82, 2.24) is 10.2 Å². The van der Waals surface area contributed by atoms with Crippen LogP contribution in [0.5, 0.6) is 0 Å². The summed E-state index contributed by atoms with van der Waals surface area (Å²) in [7, 11) is 1.74. The lowest BCUT2D eigenvalue weighted by atomic mass is 10.2. The zero-order valence-electron chi connectivity index (χ0n) is 9.62. The fourth-order valence-electron chi connectivity index (χ4n) is 1.01. The normalized spacial score (nSPS) is 12.2. The molecule has 0 aliphatic heterocycles. The molecule has 15 heavy (non-hydrogen) atoms. The summed E-state index contributed by atoms with van der Waals surface area (Å²) in [5.74, 6) is -0.777. The highest BCUT2D eigenvalue weighted by Gasteiger charge is 2.09. The van der Waals surface area contributed by atoms with Gasteiger partial charge >= 0.3 is 5.97 Å². The monoisotopic (exact) mass is 216 g/mol. The quantitative estimate of drug-likeness (QED) is 0.642. The van der Waals surface area contributed by atoms with E-state index in [0.717, 1.165) is 0 Å². The smallest absolute Gasteiger partial charge is 0.303 e. The van der Waals surface area contributed by atoms with Gasteiger partial charge in [-0.05, 0) is 20.3 Å². The van der Waals surface area contributed by atoms with Crippen molar-refractivity contribution in [3.63, 3.8) is 0 Å². The Bertz CT molecular complexity index is 219. The molecule has 0 heterocycles. The lowest BCUT2D eigenvalue weighted by molar-refractivity contribution is -0.137. The van der Waals surface area contributed by atoms with Gasteiger partial charge in [0.15, 0.2) is 0 Å². The minimum atomic E-state index is -0.805. The Kier molecular flexibility index (Phi) is 6.70. The van der Waals surface area contributed by atoms with Gasteiger partial charge in [0.1, 0.15) is 0 Å². The Morgan fingerprint density at radius 3 is 2.53 bits per heavy atom. The van der Waals surface area contributed by atoms with Crippen LogP contribution in [0.15, 0.2) is 0 Å². The van der Waals surface area contributed by atoms with Gasteiger partial charge in [0.05, 0.1) is 6.54 Å². The highest BCUT2D eigenvalue weighted by molar-refractivity contribution is 5.77. The number of hydrogen-bond acceptors (Lipinski definition) is 3. The van der Waals surface area contributed by atoms with Gasteiger partial charge in [-0.1, -0.05) is 0 Å². The first-order valence-electron chi connectivity index (χ1n) is 5.16. The molecule has 0 aromatic heterocycles. The van der Waals surface area contributed by atoms with Crippen LogP contribution in [-0.2, 0) is 9.59 Å². The number of amides is 1. The van der Waals surface area contributed by atoms with Gasteiger partial charge in [0, 0.05) is 26.1 Å². The molecule has 1 unspecified atom stereocenters. The Balaban J connectivity index is 3.66. The maximum absolute atomic E-state index is 11.4. The van der Waals surface area contributed by atoms with Gasteiger partial charge in [-0.25, -0.2) is 0 Å². The molecule has 0 aromatic carbocycles. The van der Waals surface area contributed by atoms with Crippen LogP contribution in [0.3, 0.4) is 0 Å². The molecule has 0 aliphatic carbocycles.